The lowest BCUT2D eigenvalue weighted by atomic mass is 9.83. The fourth-order valence-corrected chi connectivity index (χ4v) is 2.26. The number of amides is 2. The van der Waals surface area contributed by atoms with Gasteiger partial charge in [-0.3, -0.25) is 29.3 Å². The molecule has 0 aromatic heterocycles. The van der Waals surface area contributed by atoms with E-state index in [-0.39, 0.29) is 0 Å². The summed E-state index contributed by atoms with van der Waals surface area (Å²) in [5.41, 5.74) is -2.21. The molecule has 2 atom stereocenters. The van der Waals surface area contributed by atoms with Gasteiger partial charge in [-0.1, -0.05) is 0 Å². The number of hydrogen-bond donors (Lipinski definition) is 1. The fraction of sp³-hybridized carbons (Fsp3) is 0.455. The normalized spacial score (nSPS) is 29.6. The number of methoxy groups -OCH3 is 1. The maximum Gasteiger partial charge on any atom is 0.509 e. The second-order valence-electron chi connectivity index (χ2n) is 4.37. The van der Waals surface area contributed by atoms with Gasteiger partial charge in [0.25, 0.3) is 11.7 Å². The minimum Gasteiger partial charge on any atom is -0.438 e. The van der Waals surface area contributed by atoms with Crippen molar-refractivity contribution in [2.75, 3.05) is 7.11 Å². The summed E-state index contributed by atoms with van der Waals surface area (Å²) in [5, 5.41) is 1.88. The van der Waals surface area contributed by atoms with Crippen molar-refractivity contribution in [1.29, 1.82) is 0 Å². The molecular formula is C11H9NO8. The van der Waals surface area contributed by atoms with Crippen molar-refractivity contribution in [1.82, 2.24) is 5.32 Å². The molecule has 9 nitrogen and oxygen atoms in total. The third-order valence-corrected chi connectivity index (χ3v) is 3.24. The zero-order valence-corrected chi connectivity index (χ0v) is 10.3. The number of rotatable bonds is 2. The van der Waals surface area contributed by atoms with Gasteiger partial charge in [-0.2, -0.15) is 0 Å². The van der Waals surface area contributed by atoms with Crippen LogP contribution in [-0.4, -0.2) is 48.0 Å². The van der Waals surface area contributed by atoms with Gasteiger partial charge in [0.15, 0.2) is 0 Å². The first-order valence-electron chi connectivity index (χ1n) is 5.54. The van der Waals surface area contributed by atoms with Crippen molar-refractivity contribution in [2.24, 2.45) is 5.92 Å². The summed E-state index contributed by atoms with van der Waals surface area (Å²) in [6.45, 7) is 0. The highest BCUT2D eigenvalue weighted by Crippen LogP contribution is 2.37. The molecule has 2 unspecified atom stereocenters. The van der Waals surface area contributed by atoms with E-state index in [0.717, 1.165) is 7.11 Å². The van der Waals surface area contributed by atoms with Gasteiger partial charge in [0.2, 0.25) is 23.1 Å². The number of ether oxygens (including phenoxy) is 2. The zero-order valence-electron chi connectivity index (χ0n) is 10.3. The summed E-state index contributed by atoms with van der Waals surface area (Å²) in [4.78, 5) is 68.7. The molecule has 2 amide bonds. The molecule has 1 aliphatic heterocycles. The lowest BCUT2D eigenvalue weighted by molar-refractivity contribution is -0.151. The first kappa shape index (κ1) is 13.8. The SMILES string of the molecule is COC(=O)OC1(C2CC(=O)C(=O)C2=O)CC(=O)NC1=O. The van der Waals surface area contributed by atoms with Crippen molar-refractivity contribution >= 4 is 35.3 Å². The van der Waals surface area contributed by atoms with Crippen LogP contribution in [0.5, 0.6) is 0 Å². The molecule has 2 aliphatic rings. The highest BCUT2D eigenvalue weighted by atomic mass is 16.7. The van der Waals surface area contributed by atoms with Gasteiger partial charge in [-0.15, -0.1) is 0 Å². The Morgan fingerprint density at radius 3 is 2.30 bits per heavy atom. The quantitative estimate of drug-likeness (QED) is 0.359. The van der Waals surface area contributed by atoms with E-state index in [9.17, 15) is 28.8 Å². The van der Waals surface area contributed by atoms with Crippen molar-refractivity contribution in [3.63, 3.8) is 0 Å². The Hall–Kier alpha value is -2.58. The lowest BCUT2D eigenvalue weighted by Crippen LogP contribution is -2.50. The average molecular weight is 283 g/mol. The number of carbonyl (C=O) groups excluding carboxylic acids is 6. The maximum atomic E-state index is 11.9. The molecule has 1 saturated heterocycles. The Kier molecular flexibility index (Phi) is 3.12. The van der Waals surface area contributed by atoms with E-state index in [1.165, 1.54) is 0 Å². The predicted molar refractivity (Wildman–Crippen MR) is 57.1 cm³/mol. The van der Waals surface area contributed by atoms with Gasteiger partial charge in [-0.25, -0.2) is 4.79 Å². The molecule has 9 heteroatoms. The molecule has 20 heavy (non-hydrogen) atoms. The summed E-state index contributed by atoms with van der Waals surface area (Å²) in [6, 6.07) is 0. The van der Waals surface area contributed by atoms with Crippen molar-refractivity contribution in [3.8, 4) is 0 Å². The molecular weight excluding hydrogens is 274 g/mol. The van der Waals surface area contributed by atoms with Gasteiger partial charge in [0, 0.05) is 6.42 Å². The van der Waals surface area contributed by atoms with Gasteiger partial charge in [0.05, 0.1) is 19.4 Å². The van der Waals surface area contributed by atoms with E-state index in [1.807, 2.05) is 5.32 Å². The molecule has 106 valence electrons. The number of ketones is 3. The van der Waals surface area contributed by atoms with E-state index < -0.39 is 59.7 Å². The number of hydrogen-bond acceptors (Lipinski definition) is 8. The molecule has 0 aromatic carbocycles. The van der Waals surface area contributed by atoms with Crippen LogP contribution in [0.1, 0.15) is 12.8 Å². The Balaban J connectivity index is 2.43. The van der Waals surface area contributed by atoms with E-state index in [4.69, 9.17) is 4.74 Å². The van der Waals surface area contributed by atoms with Crippen molar-refractivity contribution in [3.05, 3.63) is 0 Å². The molecule has 1 aliphatic carbocycles. The molecule has 2 rings (SSSR count). The third-order valence-electron chi connectivity index (χ3n) is 3.24. The highest BCUT2D eigenvalue weighted by molar-refractivity contribution is 6.67. The van der Waals surface area contributed by atoms with E-state index in [1.54, 1.807) is 0 Å². The molecule has 0 bridgehead atoms. The van der Waals surface area contributed by atoms with Gasteiger partial charge in [0.1, 0.15) is 0 Å². The smallest absolute Gasteiger partial charge is 0.438 e. The summed E-state index contributed by atoms with van der Waals surface area (Å²) in [7, 11) is 0.970. The van der Waals surface area contributed by atoms with Crippen LogP contribution >= 0.6 is 0 Å². The first-order chi connectivity index (χ1) is 9.31. The van der Waals surface area contributed by atoms with E-state index in [0.29, 0.717) is 0 Å². The summed E-state index contributed by atoms with van der Waals surface area (Å²) in [6.07, 6.45) is -2.53. The minimum atomic E-state index is -2.21. The van der Waals surface area contributed by atoms with Crippen LogP contribution in [0.2, 0.25) is 0 Å². The largest absolute Gasteiger partial charge is 0.509 e. The molecule has 1 heterocycles. The summed E-state index contributed by atoms with van der Waals surface area (Å²) in [5.74, 6) is -6.74. The Labute approximate surface area is 111 Å². The van der Waals surface area contributed by atoms with Crippen LogP contribution < -0.4 is 5.32 Å². The van der Waals surface area contributed by atoms with Crippen molar-refractivity contribution < 1.29 is 38.2 Å². The predicted octanol–water partition coefficient (Wildman–Crippen LogP) is -1.72. The highest BCUT2D eigenvalue weighted by Gasteiger charge is 2.62. The van der Waals surface area contributed by atoms with Crippen LogP contribution in [0, 0.1) is 5.92 Å². The molecule has 0 spiro atoms. The molecule has 2 fully saturated rings. The number of imide groups is 1. The standard InChI is InChI=1S/C11H9NO8/c1-19-10(18)20-11(3-6(14)12-9(11)17)4-2-5(13)8(16)7(4)15/h4H,2-3H2,1H3,(H,12,14,17). The molecule has 1 N–H and O–H groups in total. The Morgan fingerprint density at radius 2 is 1.90 bits per heavy atom. The first-order valence-corrected chi connectivity index (χ1v) is 5.54. The summed E-state index contributed by atoms with van der Waals surface area (Å²) < 4.78 is 9.00. The topological polar surface area (TPSA) is 133 Å². The van der Waals surface area contributed by atoms with Gasteiger partial charge in [-0.05, 0) is 0 Å². The van der Waals surface area contributed by atoms with Crippen LogP contribution in [0.3, 0.4) is 0 Å². The van der Waals surface area contributed by atoms with Crippen LogP contribution in [0.25, 0.3) is 0 Å². The second kappa shape index (κ2) is 4.51. The molecule has 0 aromatic rings. The monoisotopic (exact) mass is 283 g/mol. The maximum absolute atomic E-state index is 11.9. The lowest BCUT2D eigenvalue weighted by Gasteiger charge is -2.28. The van der Waals surface area contributed by atoms with Crippen molar-refractivity contribution in [2.45, 2.75) is 18.4 Å². The average Bonchev–Trinajstić information content (AvgIpc) is 2.81. The molecule has 0 radical (unpaired) electrons. The fourth-order valence-electron chi connectivity index (χ4n) is 2.26. The number of Topliss-reactive ketones (excluding diaryl/α,β-unsaturated/α-hetero) is 3. The van der Waals surface area contributed by atoms with E-state index in [2.05, 4.69) is 4.74 Å². The van der Waals surface area contributed by atoms with Gasteiger partial charge < -0.3 is 9.47 Å². The van der Waals surface area contributed by atoms with Gasteiger partial charge >= 0.3 is 6.16 Å². The number of nitrogens with one attached hydrogen (secondary N) is 1. The molecule has 1 saturated carbocycles. The number of carbonyl (C=O) groups is 6. The third kappa shape index (κ3) is 1.87. The Morgan fingerprint density at radius 1 is 1.25 bits per heavy atom. The van der Waals surface area contributed by atoms with Crippen LogP contribution in [0.4, 0.5) is 4.79 Å². The summed E-state index contributed by atoms with van der Waals surface area (Å²) >= 11 is 0. The minimum absolute atomic E-state index is 0.588. The van der Waals surface area contributed by atoms with Crippen LogP contribution in [-0.2, 0) is 33.4 Å². The van der Waals surface area contributed by atoms with Crippen LogP contribution in [0.15, 0.2) is 0 Å². The second-order valence-corrected chi connectivity index (χ2v) is 4.37. The Bertz CT molecular complexity index is 565. The van der Waals surface area contributed by atoms with E-state index >= 15 is 0 Å². The zero-order chi connectivity index (χ0) is 15.1.